The number of anilines is 1. The van der Waals surface area contributed by atoms with E-state index in [0.29, 0.717) is 50.3 Å². The minimum Gasteiger partial charge on any atom is -0.493 e. The Hall–Kier alpha value is -3.45. The number of aryl methyl sites for hydroxylation is 1. The van der Waals surface area contributed by atoms with Crippen molar-refractivity contribution in [2.45, 2.75) is 12.8 Å². The Morgan fingerprint density at radius 2 is 1.81 bits per heavy atom. The fourth-order valence-electron chi connectivity index (χ4n) is 4.05. The number of carbonyl (C=O) groups is 2. The summed E-state index contributed by atoms with van der Waals surface area (Å²) >= 11 is 6.31. The van der Waals surface area contributed by atoms with Crippen molar-refractivity contribution in [1.82, 2.24) is 4.98 Å². The molecule has 2 heterocycles. The third kappa shape index (κ3) is 3.31. The predicted octanol–water partition coefficient (Wildman–Crippen LogP) is 4.53. The van der Waals surface area contributed by atoms with Gasteiger partial charge < -0.3 is 24.5 Å². The molecule has 1 amide bonds. The molecule has 31 heavy (non-hydrogen) atoms. The van der Waals surface area contributed by atoms with Crippen LogP contribution in [0.15, 0.2) is 36.4 Å². The largest absolute Gasteiger partial charge is 0.493 e. The molecule has 1 aromatic heterocycles. The molecule has 160 valence electrons. The first-order valence-electron chi connectivity index (χ1n) is 9.53. The smallest absolute Gasteiger partial charge is 0.340 e. The predicted molar refractivity (Wildman–Crippen MR) is 117 cm³/mol. The number of nitrogens with one attached hydrogen (secondary N) is 2. The van der Waals surface area contributed by atoms with Crippen molar-refractivity contribution in [1.29, 1.82) is 0 Å². The number of aromatic nitrogens is 1. The molecule has 1 aliphatic rings. The molecular weight excluding hydrogens is 420 g/mol. The zero-order valence-corrected chi connectivity index (χ0v) is 18.2. The molecule has 8 heteroatoms. The number of amides is 1. The van der Waals surface area contributed by atoms with Crippen LogP contribution in [0.2, 0.25) is 5.02 Å². The van der Waals surface area contributed by atoms with E-state index in [9.17, 15) is 9.59 Å². The number of methoxy groups -OCH3 is 3. The number of benzene rings is 2. The summed E-state index contributed by atoms with van der Waals surface area (Å²) in [6.07, 6.45) is 0. The maximum atomic E-state index is 13.1. The number of hydrogen-bond acceptors (Lipinski definition) is 5. The lowest BCUT2D eigenvalue weighted by Crippen LogP contribution is -2.17. The average molecular weight is 441 g/mol. The Morgan fingerprint density at radius 3 is 2.48 bits per heavy atom. The second-order valence-electron chi connectivity index (χ2n) is 7.10. The van der Waals surface area contributed by atoms with E-state index in [1.807, 2.05) is 12.1 Å². The van der Waals surface area contributed by atoms with Gasteiger partial charge in [0.1, 0.15) is 0 Å². The van der Waals surface area contributed by atoms with Gasteiger partial charge in [0, 0.05) is 16.8 Å². The van der Waals surface area contributed by atoms with E-state index in [-0.39, 0.29) is 5.91 Å². The molecule has 0 bridgehead atoms. The zero-order valence-electron chi connectivity index (χ0n) is 17.5. The first kappa shape index (κ1) is 20.8. The molecular formula is C23H21ClN2O5. The fraction of sp³-hybridized carbons (Fsp3) is 0.217. The SMILES string of the molecule is COC(=O)c1c(C)[nH]c(-c2ccc(OC)c(OC)c2)c1[C@H]1C(=O)Nc2c(Cl)cccc21. The Labute approximate surface area is 184 Å². The molecule has 2 aromatic carbocycles. The van der Waals surface area contributed by atoms with E-state index in [1.54, 1.807) is 45.4 Å². The van der Waals surface area contributed by atoms with Crippen molar-refractivity contribution in [3.63, 3.8) is 0 Å². The highest BCUT2D eigenvalue weighted by molar-refractivity contribution is 6.34. The normalized spacial score (nSPS) is 14.7. The summed E-state index contributed by atoms with van der Waals surface area (Å²) in [4.78, 5) is 29.1. The highest BCUT2D eigenvalue weighted by atomic mass is 35.5. The van der Waals surface area contributed by atoms with E-state index < -0.39 is 11.9 Å². The number of aromatic amines is 1. The van der Waals surface area contributed by atoms with E-state index in [2.05, 4.69) is 10.3 Å². The molecule has 0 saturated carbocycles. The first-order chi connectivity index (χ1) is 14.9. The summed E-state index contributed by atoms with van der Waals surface area (Å²) < 4.78 is 15.8. The van der Waals surface area contributed by atoms with Gasteiger partial charge in [-0.15, -0.1) is 0 Å². The maximum absolute atomic E-state index is 13.1. The lowest BCUT2D eigenvalue weighted by molar-refractivity contribution is -0.116. The number of carbonyl (C=O) groups excluding carboxylic acids is 2. The standard InChI is InChI=1S/C23H21ClN2O5/c1-11-17(23(28)31-4)19(18-13-6-5-7-14(24)21(13)26-22(18)27)20(25-11)12-8-9-15(29-2)16(10-12)30-3/h5-10,18,25H,1-4H3,(H,26,27)/t18-/m0/s1. The van der Waals surface area contributed by atoms with Crippen molar-refractivity contribution in [2.75, 3.05) is 26.6 Å². The maximum Gasteiger partial charge on any atom is 0.340 e. The molecule has 7 nitrogen and oxygen atoms in total. The van der Waals surface area contributed by atoms with Gasteiger partial charge in [0.2, 0.25) is 5.91 Å². The minimum absolute atomic E-state index is 0.269. The van der Waals surface area contributed by atoms with Crippen LogP contribution in [-0.2, 0) is 9.53 Å². The van der Waals surface area contributed by atoms with Gasteiger partial charge >= 0.3 is 5.97 Å². The topological polar surface area (TPSA) is 89.7 Å². The molecule has 0 radical (unpaired) electrons. The number of H-pyrrole nitrogens is 1. The van der Waals surface area contributed by atoms with Crippen LogP contribution in [0.25, 0.3) is 11.3 Å². The van der Waals surface area contributed by atoms with Gasteiger partial charge in [0.05, 0.1) is 49.2 Å². The highest BCUT2D eigenvalue weighted by Gasteiger charge is 2.39. The van der Waals surface area contributed by atoms with Crippen LogP contribution in [0.1, 0.15) is 33.1 Å². The number of rotatable bonds is 5. The van der Waals surface area contributed by atoms with Crippen molar-refractivity contribution < 1.29 is 23.8 Å². The number of hydrogen-bond donors (Lipinski definition) is 2. The summed E-state index contributed by atoms with van der Waals surface area (Å²) in [5, 5.41) is 3.28. The quantitative estimate of drug-likeness (QED) is 0.569. The van der Waals surface area contributed by atoms with Gasteiger partial charge in [-0.1, -0.05) is 23.7 Å². The summed E-state index contributed by atoms with van der Waals surface area (Å²) in [5.41, 5.74) is 4.03. The second-order valence-corrected chi connectivity index (χ2v) is 7.51. The number of para-hydroxylation sites is 1. The van der Waals surface area contributed by atoms with E-state index >= 15 is 0 Å². The van der Waals surface area contributed by atoms with Crippen LogP contribution in [-0.4, -0.2) is 38.2 Å². The second kappa shape index (κ2) is 8.00. The molecule has 0 fully saturated rings. The minimum atomic E-state index is -0.740. The Bertz CT molecular complexity index is 1200. The van der Waals surface area contributed by atoms with Crippen molar-refractivity contribution >= 4 is 29.2 Å². The van der Waals surface area contributed by atoms with Gasteiger partial charge in [-0.05, 0) is 36.8 Å². The van der Waals surface area contributed by atoms with Gasteiger partial charge in [0.15, 0.2) is 11.5 Å². The fourth-order valence-corrected chi connectivity index (χ4v) is 4.28. The Kier molecular flexibility index (Phi) is 5.37. The number of ether oxygens (including phenoxy) is 3. The number of fused-ring (bicyclic) bond motifs is 1. The number of halogens is 1. The summed E-state index contributed by atoms with van der Waals surface area (Å²) in [7, 11) is 4.42. The van der Waals surface area contributed by atoms with Crippen LogP contribution in [0.5, 0.6) is 11.5 Å². The summed E-state index contributed by atoms with van der Waals surface area (Å²) in [6.45, 7) is 1.77. The zero-order chi connectivity index (χ0) is 22.3. The van der Waals surface area contributed by atoms with Crippen LogP contribution >= 0.6 is 11.6 Å². The van der Waals surface area contributed by atoms with Crippen molar-refractivity contribution in [2.24, 2.45) is 0 Å². The molecule has 3 aromatic rings. The Morgan fingerprint density at radius 1 is 1.06 bits per heavy atom. The van der Waals surface area contributed by atoms with Gasteiger partial charge in [-0.2, -0.15) is 0 Å². The summed E-state index contributed by atoms with van der Waals surface area (Å²) in [6, 6.07) is 10.7. The summed E-state index contributed by atoms with van der Waals surface area (Å²) in [5.74, 6) is -0.444. The van der Waals surface area contributed by atoms with E-state index in [4.69, 9.17) is 25.8 Å². The molecule has 0 spiro atoms. The van der Waals surface area contributed by atoms with E-state index in [0.717, 1.165) is 5.56 Å². The third-order valence-corrected chi connectivity index (χ3v) is 5.76. The molecule has 0 aliphatic carbocycles. The Balaban J connectivity index is 2.00. The van der Waals surface area contributed by atoms with Crippen LogP contribution in [0.4, 0.5) is 5.69 Å². The highest BCUT2D eigenvalue weighted by Crippen LogP contribution is 2.46. The van der Waals surface area contributed by atoms with Gasteiger partial charge in [0.25, 0.3) is 0 Å². The molecule has 2 N–H and O–H groups in total. The van der Waals surface area contributed by atoms with Crippen molar-refractivity contribution in [3.05, 3.63) is 63.8 Å². The monoisotopic (exact) mass is 440 g/mol. The van der Waals surface area contributed by atoms with E-state index in [1.165, 1.54) is 7.11 Å². The van der Waals surface area contributed by atoms with Crippen LogP contribution in [0, 0.1) is 6.92 Å². The van der Waals surface area contributed by atoms with Gasteiger partial charge in [-0.3, -0.25) is 4.79 Å². The molecule has 0 saturated heterocycles. The first-order valence-corrected chi connectivity index (χ1v) is 9.91. The lowest BCUT2D eigenvalue weighted by atomic mass is 9.87. The average Bonchev–Trinajstić information content (AvgIpc) is 3.29. The van der Waals surface area contributed by atoms with Crippen LogP contribution < -0.4 is 14.8 Å². The molecule has 0 unspecified atom stereocenters. The van der Waals surface area contributed by atoms with Crippen molar-refractivity contribution in [3.8, 4) is 22.8 Å². The molecule has 1 atom stereocenters. The molecule has 1 aliphatic heterocycles. The molecule has 4 rings (SSSR count). The van der Waals surface area contributed by atoms with Gasteiger partial charge in [-0.25, -0.2) is 4.79 Å². The third-order valence-electron chi connectivity index (χ3n) is 5.44. The lowest BCUT2D eigenvalue weighted by Gasteiger charge is -2.15. The number of esters is 1. The van der Waals surface area contributed by atoms with Crippen LogP contribution in [0.3, 0.4) is 0 Å².